The number of para-hydroxylation sites is 1. The van der Waals surface area contributed by atoms with E-state index in [9.17, 15) is 20.3 Å². The van der Waals surface area contributed by atoms with Crippen molar-refractivity contribution in [2.75, 3.05) is 5.32 Å². The molecule has 2 rings (SSSR count). The number of hydrazine groups is 1. The predicted molar refractivity (Wildman–Crippen MR) is 88.4 cm³/mol. The first-order chi connectivity index (χ1) is 11.0. The zero-order chi connectivity index (χ0) is 16.8. The van der Waals surface area contributed by atoms with Crippen LogP contribution >= 0.6 is 12.2 Å². The fourth-order valence-electron chi connectivity index (χ4n) is 1.71. The summed E-state index contributed by atoms with van der Waals surface area (Å²) >= 11 is 5.06. The largest absolute Gasteiger partial charge is 0.507 e. The number of aromatic hydroxyl groups is 2. The lowest BCUT2D eigenvalue weighted by Gasteiger charge is -2.03. The molecule has 0 aromatic heterocycles. The summed E-state index contributed by atoms with van der Waals surface area (Å²) in [6.45, 7) is 0. The standard InChI is InChI=1S/C14H12N4O4S/c19-12-7-13(20)11(18(21)22)6-9(12)8-15-17-14(23)16-10-4-2-1-3-5-10/h1-8,19-20H,(H2,16,17,23)/p+1/b15-8+. The summed E-state index contributed by atoms with van der Waals surface area (Å²) in [7, 11) is 0. The molecule has 0 aliphatic carbocycles. The van der Waals surface area contributed by atoms with Crippen LogP contribution in [0.5, 0.6) is 11.5 Å². The molecule has 0 saturated heterocycles. The Hall–Kier alpha value is -3.20. The number of anilines is 1. The molecule has 0 bridgehead atoms. The molecule has 5 N–H and O–H groups in total. The highest BCUT2D eigenvalue weighted by Gasteiger charge is 2.17. The van der Waals surface area contributed by atoms with E-state index in [1.54, 1.807) is 0 Å². The Balaban J connectivity index is 2.04. The van der Waals surface area contributed by atoms with E-state index in [1.807, 2.05) is 30.3 Å². The van der Waals surface area contributed by atoms with E-state index in [0.717, 1.165) is 17.8 Å². The zero-order valence-electron chi connectivity index (χ0n) is 11.7. The lowest BCUT2D eigenvalue weighted by Crippen LogP contribution is -2.82. The molecule has 0 radical (unpaired) electrons. The van der Waals surface area contributed by atoms with Crippen LogP contribution in [0, 0.1) is 10.1 Å². The number of nitro benzene ring substituents is 1. The Labute approximate surface area is 136 Å². The fraction of sp³-hybridized carbons (Fsp3) is 0. The van der Waals surface area contributed by atoms with Crippen LogP contribution in [-0.2, 0) is 0 Å². The third-order valence-electron chi connectivity index (χ3n) is 2.77. The second-order valence-corrected chi connectivity index (χ2v) is 4.80. The Bertz CT molecular complexity index is 765. The van der Waals surface area contributed by atoms with Crippen molar-refractivity contribution in [1.29, 1.82) is 0 Å². The monoisotopic (exact) mass is 333 g/mol. The molecule has 8 nitrogen and oxygen atoms in total. The van der Waals surface area contributed by atoms with Crippen LogP contribution in [-0.4, -0.2) is 26.5 Å². The van der Waals surface area contributed by atoms with Gasteiger partial charge in [0.1, 0.15) is 5.75 Å². The summed E-state index contributed by atoms with van der Waals surface area (Å²) in [5.41, 5.74) is 3.03. The maximum Gasteiger partial charge on any atom is 0.311 e. The normalized spacial score (nSPS) is 10.4. The van der Waals surface area contributed by atoms with Gasteiger partial charge in [-0.3, -0.25) is 10.1 Å². The van der Waals surface area contributed by atoms with E-state index in [4.69, 9.17) is 12.2 Å². The molecule has 0 aliphatic rings. The summed E-state index contributed by atoms with van der Waals surface area (Å²) in [6.07, 6.45) is 1.28. The van der Waals surface area contributed by atoms with Gasteiger partial charge in [0.2, 0.25) is 11.3 Å². The first-order valence-corrected chi connectivity index (χ1v) is 6.79. The fourth-order valence-corrected chi connectivity index (χ4v) is 1.88. The molecule has 0 fully saturated rings. The van der Waals surface area contributed by atoms with Gasteiger partial charge in [-0.15, -0.1) is 10.5 Å². The first kappa shape index (κ1) is 16.2. The summed E-state index contributed by atoms with van der Waals surface area (Å²) < 4.78 is 0. The molecule has 118 valence electrons. The number of benzene rings is 2. The number of nitro groups is 1. The highest BCUT2D eigenvalue weighted by molar-refractivity contribution is 7.80. The van der Waals surface area contributed by atoms with E-state index in [2.05, 4.69) is 15.8 Å². The second-order valence-electron chi connectivity index (χ2n) is 4.39. The Morgan fingerprint density at radius 2 is 1.91 bits per heavy atom. The number of nitrogens with zero attached hydrogens (tertiary/aromatic N) is 1. The van der Waals surface area contributed by atoms with E-state index in [0.29, 0.717) is 0 Å². The minimum absolute atomic E-state index is 0.115. The number of rotatable bonds is 4. The van der Waals surface area contributed by atoms with Gasteiger partial charge in [0, 0.05) is 17.8 Å². The van der Waals surface area contributed by atoms with Crippen molar-refractivity contribution < 1.29 is 20.2 Å². The molecule has 0 unspecified atom stereocenters. The van der Waals surface area contributed by atoms with Crippen LogP contribution < -0.4 is 15.8 Å². The van der Waals surface area contributed by atoms with Crippen molar-refractivity contribution in [2.24, 2.45) is 0 Å². The summed E-state index contributed by atoms with van der Waals surface area (Å²) in [6, 6.07) is 11.1. The average Bonchev–Trinajstić information content (AvgIpc) is 2.50. The number of hydrogen-bond acceptors (Lipinski definition) is 5. The molecule has 0 amide bonds. The number of phenols is 2. The minimum atomic E-state index is -0.749. The van der Waals surface area contributed by atoms with Gasteiger partial charge in [0.15, 0.2) is 5.75 Å². The van der Waals surface area contributed by atoms with E-state index < -0.39 is 16.4 Å². The topological polar surface area (TPSA) is 122 Å². The summed E-state index contributed by atoms with van der Waals surface area (Å²) in [5.74, 6) is -0.928. The molecule has 0 heterocycles. The van der Waals surface area contributed by atoms with E-state index in [-0.39, 0.29) is 16.4 Å². The van der Waals surface area contributed by atoms with Gasteiger partial charge in [0.05, 0.1) is 10.5 Å². The SMILES string of the molecule is O=[N+]([O-])c1cc(/C=[NH+]/NC(=S)Nc2ccccc2)c(O)cc1O. The number of phenolic OH excluding ortho intramolecular Hbond substituents is 2. The molecule has 0 saturated carbocycles. The first-order valence-electron chi connectivity index (χ1n) is 6.38. The van der Waals surface area contributed by atoms with Crippen LogP contribution in [0.15, 0.2) is 42.5 Å². The average molecular weight is 333 g/mol. The Morgan fingerprint density at radius 3 is 2.57 bits per heavy atom. The third kappa shape index (κ3) is 4.38. The smallest absolute Gasteiger partial charge is 0.311 e. The maximum atomic E-state index is 10.8. The number of hydrogen-bond donors (Lipinski definition) is 5. The zero-order valence-corrected chi connectivity index (χ0v) is 12.5. The predicted octanol–water partition coefficient (Wildman–Crippen LogP) is 0.407. The van der Waals surface area contributed by atoms with Crippen molar-refractivity contribution in [2.45, 2.75) is 0 Å². The van der Waals surface area contributed by atoms with E-state index >= 15 is 0 Å². The van der Waals surface area contributed by atoms with Gasteiger partial charge < -0.3 is 15.5 Å². The van der Waals surface area contributed by atoms with Gasteiger partial charge in [-0.2, -0.15) is 0 Å². The number of thiocarbonyl (C=S) groups is 1. The van der Waals surface area contributed by atoms with Crippen LogP contribution in [0.25, 0.3) is 0 Å². The quantitative estimate of drug-likeness (QED) is 0.238. The van der Waals surface area contributed by atoms with Gasteiger partial charge in [-0.1, -0.05) is 18.2 Å². The highest BCUT2D eigenvalue weighted by Crippen LogP contribution is 2.31. The molecule has 0 atom stereocenters. The molecule has 9 heteroatoms. The van der Waals surface area contributed by atoms with Crippen LogP contribution in [0.1, 0.15) is 5.56 Å². The van der Waals surface area contributed by atoms with Crippen LogP contribution in [0.2, 0.25) is 0 Å². The van der Waals surface area contributed by atoms with Crippen molar-refractivity contribution in [3.05, 3.63) is 58.1 Å². The molecule has 2 aromatic carbocycles. The third-order valence-corrected chi connectivity index (χ3v) is 2.97. The number of hydrazone groups is 1. The van der Waals surface area contributed by atoms with Crippen LogP contribution in [0.3, 0.4) is 0 Å². The van der Waals surface area contributed by atoms with Gasteiger partial charge >= 0.3 is 5.69 Å². The van der Waals surface area contributed by atoms with Gasteiger partial charge in [0.25, 0.3) is 0 Å². The summed E-state index contributed by atoms with van der Waals surface area (Å²) in [5, 5.41) is 35.6. The molecule has 23 heavy (non-hydrogen) atoms. The second kappa shape index (κ2) is 7.18. The Morgan fingerprint density at radius 1 is 1.22 bits per heavy atom. The van der Waals surface area contributed by atoms with Crippen molar-refractivity contribution in [3.8, 4) is 11.5 Å². The maximum absolute atomic E-state index is 10.8. The highest BCUT2D eigenvalue weighted by atomic mass is 32.1. The Kier molecular flexibility index (Phi) is 5.05. The van der Waals surface area contributed by atoms with E-state index in [1.165, 1.54) is 6.21 Å². The molecule has 0 aliphatic heterocycles. The van der Waals surface area contributed by atoms with Crippen molar-refractivity contribution in [3.63, 3.8) is 0 Å². The van der Waals surface area contributed by atoms with Crippen molar-refractivity contribution in [1.82, 2.24) is 5.43 Å². The van der Waals surface area contributed by atoms with Crippen LogP contribution in [0.4, 0.5) is 11.4 Å². The van der Waals surface area contributed by atoms with Gasteiger partial charge in [-0.25, -0.2) is 0 Å². The lowest BCUT2D eigenvalue weighted by molar-refractivity contribution is -0.499. The molecular weight excluding hydrogens is 320 g/mol. The minimum Gasteiger partial charge on any atom is -0.507 e. The summed E-state index contributed by atoms with van der Waals surface area (Å²) in [4.78, 5) is 10.0. The van der Waals surface area contributed by atoms with Gasteiger partial charge in [-0.05, 0) is 24.4 Å². The molecule has 0 spiro atoms. The molecular formula is C14H13N4O4S+. The molecule has 2 aromatic rings. The lowest BCUT2D eigenvalue weighted by atomic mass is 10.2. The number of nitrogens with one attached hydrogen (secondary N) is 3. The van der Waals surface area contributed by atoms with Crippen molar-refractivity contribution >= 4 is 34.9 Å².